The molecular weight excluding hydrogens is 458 g/mol. The van der Waals surface area contributed by atoms with Gasteiger partial charge in [-0.2, -0.15) is 4.31 Å². The van der Waals surface area contributed by atoms with E-state index < -0.39 is 10.0 Å². The lowest BCUT2D eigenvalue weighted by atomic mass is 9.97. The number of amides is 1. The Balaban J connectivity index is 1.17. The molecule has 4 heterocycles. The molecular formula is C24H31N3O6S. The van der Waals surface area contributed by atoms with Crippen molar-refractivity contribution in [3.63, 3.8) is 0 Å². The van der Waals surface area contributed by atoms with E-state index in [0.29, 0.717) is 57.2 Å². The molecule has 9 nitrogen and oxygen atoms in total. The van der Waals surface area contributed by atoms with E-state index in [0.717, 1.165) is 31.7 Å². The van der Waals surface area contributed by atoms with Gasteiger partial charge in [0.15, 0.2) is 11.5 Å². The third kappa shape index (κ3) is 4.80. The van der Waals surface area contributed by atoms with Gasteiger partial charge in [0.05, 0.1) is 17.2 Å². The number of nitrogens with one attached hydrogen (secondary N) is 1. The summed E-state index contributed by atoms with van der Waals surface area (Å²) in [6, 6.07) is 8.56. The summed E-state index contributed by atoms with van der Waals surface area (Å²) in [4.78, 5) is 15.5. The molecule has 2 saturated heterocycles. The number of carbonyl (C=O) groups excluding carboxylic acids is 1. The summed E-state index contributed by atoms with van der Waals surface area (Å²) in [5, 5.41) is 3.10. The van der Waals surface area contributed by atoms with Crippen LogP contribution in [0.1, 0.15) is 37.5 Å². The molecule has 34 heavy (non-hydrogen) atoms. The van der Waals surface area contributed by atoms with Gasteiger partial charge in [-0.1, -0.05) is 0 Å². The van der Waals surface area contributed by atoms with E-state index >= 15 is 0 Å². The summed E-state index contributed by atoms with van der Waals surface area (Å²) in [6.45, 7) is 3.95. The van der Waals surface area contributed by atoms with Gasteiger partial charge in [0, 0.05) is 31.6 Å². The number of hydrogen-bond donors (Lipinski definition) is 1. The molecule has 2 fully saturated rings. The van der Waals surface area contributed by atoms with Crippen LogP contribution in [0.15, 0.2) is 45.9 Å². The second-order valence-corrected chi connectivity index (χ2v) is 10.9. The lowest BCUT2D eigenvalue weighted by molar-refractivity contribution is -0.126. The van der Waals surface area contributed by atoms with Crippen molar-refractivity contribution >= 4 is 15.9 Å². The molecule has 3 aliphatic rings. The highest BCUT2D eigenvalue weighted by Gasteiger charge is 2.34. The van der Waals surface area contributed by atoms with Gasteiger partial charge in [-0.15, -0.1) is 0 Å². The van der Waals surface area contributed by atoms with Gasteiger partial charge in [-0.3, -0.25) is 9.69 Å². The first-order chi connectivity index (χ1) is 16.5. The second kappa shape index (κ2) is 9.97. The first-order valence-electron chi connectivity index (χ1n) is 12.0. The summed E-state index contributed by atoms with van der Waals surface area (Å²) >= 11 is 0. The summed E-state index contributed by atoms with van der Waals surface area (Å²) < 4.78 is 44.4. The van der Waals surface area contributed by atoms with Crippen LogP contribution < -0.4 is 14.8 Å². The largest absolute Gasteiger partial charge is 0.486 e. The molecule has 3 aliphatic heterocycles. The smallest absolute Gasteiger partial charge is 0.243 e. The van der Waals surface area contributed by atoms with Gasteiger partial charge >= 0.3 is 0 Å². The van der Waals surface area contributed by atoms with Crippen molar-refractivity contribution in [1.82, 2.24) is 14.5 Å². The van der Waals surface area contributed by atoms with Crippen LogP contribution in [0.2, 0.25) is 0 Å². The third-order valence-electron chi connectivity index (χ3n) is 6.90. The second-order valence-electron chi connectivity index (χ2n) is 9.00. The fourth-order valence-corrected chi connectivity index (χ4v) is 6.46. The molecule has 0 saturated carbocycles. The van der Waals surface area contributed by atoms with Crippen LogP contribution in [0.3, 0.4) is 0 Å². The quantitative estimate of drug-likeness (QED) is 0.637. The lowest BCUT2D eigenvalue weighted by Crippen LogP contribution is -2.44. The molecule has 2 aromatic rings. The first kappa shape index (κ1) is 23.2. The lowest BCUT2D eigenvalue weighted by Gasteiger charge is -2.31. The van der Waals surface area contributed by atoms with Crippen molar-refractivity contribution in [2.24, 2.45) is 5.92 Å². The maximum atomic E-state index is 13.2. The number of benzene rings is 1. The highest BCUT2D eigenvalue weighted by atomic mass is 32.2. The Morgan fingerprint density at radius 3 is 2.47 bits per heavy atom. The van der Waals surface area contributed by atoms with Crippen LogP contribution in [0, 0.1) is 5.92 Å². The molecule has 5 rings (SSSR count). The summed E-state index contributed by atoms with van der Waals surface area (Å²) in [6.07, 6.45) is 4.95. The zero-order valence-corrected chi connectivity index (χ0v) is 20.0. The molecule has 0 spiro atoms. The van der Waals surface area contributed by atoms with Crippen molar-refractivity contribution in [2.45, 2.75) is 36.6 Å². The number of furan rings is 1. The Morgan fingerprint density at radius 2 is 1.76 bits per heavy atom. The summed E-state index contributed by atoms with van der Waals surface area (Å²) in [5.74, 6) is 1.64. The Labute approximate surface area is 200 Å². The van der Waals surface area contributed by atoms with Crippen LogP contribution in [0.25, 0.3) is 0 Å². The fraction of sp³-hybridized carbons (Fsp3) is 0.542. The Hall–Kier alpha value is -2.56. The topological polar surface area (TPSA) is 101 Å². The average Bonchev–Trinajstić information content (AvgIpc) is 3.59. The van der Waals surface area contributed by atoms with E-state index in [9.17, 15) is 13.2 Å². The van der Waals surface area contributed by atoms with Gasteiger partial charge in [0.1, 0.15) is 19.0 Å². The number of fused-ring (bicyclic) bond motifs is 1. The molecule has 1 amide bonds. The fourth-order valence-electron chi connectivity index (χ4n) is 4.98. The summed E-state index contributed by atoms with van der Waals surface area (Å²) in [7, 11) is -3.66. The minimum Gasteiger partial charge on any atom is -0.486 e. The number of likely N-dealkylation sites (tertiary alicyclic amines) is 1. The molecule has 1 N–H and O–H groups in total. The van der Waals surface area contributed by atoms with Gasteiger partial charge < -0.3 is 19.2 Å². The molecule has 1 aromatic heterocycles. The van der Waals surface area contributed by atoms with Gasteiger partial charge in [-0.05, 0) is 63.0 Å². The molecule has 1 aromatic carbocycles. The molecule has 0 radical (unpaired) electrons. The van der Waals surface area contributed by atoms with Gasteiger partial charge in [-0.25, -0.2) is 8.42 Å². The number of sulfonamides is 1. The maximum absolute atomic E-state index is 13.2. The predicted octanol–water partition coefficient (Wildman–Crippen LogP) is 2.40. The van der Waals surface area contributed by atoms with E-state index in [1.807, 2.05) is 12.1 Å². The molecule has 184 valence electrons. The third-order valence-corrected chi connectivity index (χ3v) is 8.79. The predicted molar refractivity (Wildman–Crippen MR) is 124 cm³/mol. The van der Waals surface area contributed by atoms with Crippen molar-refractivity contribution in [1.29, 1.82) is 0 Å². The SMILES string of the molecule is O=C(NCC(c1ccco1)N1CCCC1)C1CCN(S(=O)(=O)c2ccc3c(c2)OCCO3)CC1. The van der Waals surface area contributed by atoms with Crippen molar-refractivity contribution in [3.05, 3.63) is 42.4 Å². The molecule has 1 unspecified atom stereocenters. The highest BCUT2D eigenvalue weighted by molar-refractivity contribution is 7.89. The minimum atomic E-state index is -3.66. The normalized spacial score (nSPS) is 20.8. The van der Waals surface area contributed by atoms with Crippen LogP contribution in [-0.4, -0.2) is 69.5 Å². The summed E-state index contributed by atoms with van der Waals surface area (Å²) in [5.41, 5.74) is 0. The zero-order chi connectivity index (χ0) is 23.5. The van der Waals surface area contributed by atoms with E-state index in [1.54, 1.807) is 18.4 Å². The Bertz CT molecular complexity index is 1090. The zero-order valence-electron chi connectivity index (χ0n) is 19.1. The molecule has 1 atom stereocenters. The van der Waals surface area contributed by atoms with Crippen LogP contribution in [0.5, 0.6) is 11.5 Å². The first-order valence-corrected chi connectivity index (χ1v) is 13.4. The molecule has 0 aliphatic carbocycles. The van der Waals surface area contributed by atoms with Crippen molar-refractivity contribution in [3.8, 4) is 11.5 Å². The van der Waals surface area contributed by atoms with Crippen molar-refractivity contribution in [2.75, 3.05) is 45.9 Å². The Kier molecular flexibility index (Phi) is 6.80. The number of hydrogen-bond acceptors (Lipinski definition) is 7. The van der Waals surface area contributed by atoms with Crippen molar-refractivity contribution < 1.29 is 27.1 Å². The standard InChI is InChI=1S/C24H31N3O6S/c28-24(25-17-20(21-4-3-13-31-21)26-9-1-2-10-26)18-7-11-27(12-8-18)34(29,30)19-5-6-22-23(16-19)33-15-14-32-22/h3-6,13,16,18,20H,1-2,7-12,14-15,17H2,(H,25,28). The van der Waals surface area contributed by atoms with E-state index in [-0.39, 0.29) is 22.8 Å². The Morgan fingerprint density at radius 1 is 1.03 bits per heavy atom. The number of nitrogens with zero attached hydrogens (tertiary/aromatic N) is 2. The van der Waals surface area contributed by atoms with E-state index in [4.69, 9.17) is 13.9 Å². The van der Waals surface area contributed by atoms with E-state index in [2.05, 4.69) is 10.2 Å². The number of carbonyl (C=O) groups is 1. The van der Waals surface area contributed by atoms with E-state index in [1.165, 1.54) is 10.4 Å². The number of piperidine rings is 1. The molecule has 0 bridgehead atoms. The van der Waals surface area contributed by atoms with Gasteiger partial charge in [0.2, 0.25) is 15.9 Å². The maximum Gasteiger partial charge on any atom is 0.243 e. The minimum absolute atomic E-state index is 0.0212. The monoisotopic (exact) mass is 489 g/mol. The highest BCUT2D eigenvalue weighted by Crippen LogP contribution is 2.34. The van der Waals surface area contributed by atoms with Crippen LogP contribution >= 0.6 is 0 Å². The molecule has 10 heteroatoms. The van der Waals surface area contributed by atoms with Crippen LogP contribution in [-0.2, 0) is 14.8 Å². The van der Waals surface area contributed by atoms with Gasteiger partial charge in [0.25, 0.3) is 0 Å². The average molecular weight is 490 g/mol. The number of ether oxygens (including phenoxy) is 2. The van der Waals surface area contributed by atoms with Crippen LogP contribution in [0.4, 0.5) is 0 Å². The number of rotatable bonds is 7.